The highest BCUT2D eigenvalue weighted by Gasteiger charge is 2.40. The van der Waals surface area contributed by atoms with Crippen LogP contribution in [0.25, 0.3) is 0 Å². The van der Waals surface area contributed by atoms with Crippen molar-refractivity contribution in [2.24, 2.45) is 5.73 Å². The van der Waals surface area contributed by atoms with Gasteiger partial charge in [0.15, 0.2) is 11.5 Å². The Labute approximate surface area is 107 Å². The zero-order valence-electron chi connectivity index (χ0n) is 10.6. The molecule has 1 saturated heterocycles. The van der Waals surface area contributed by atoms with Gasteiger partial charge in [-0.1, -0.05) is 6.07 Å². The SMILES string of the molecule is CC(N)CCC1(c2ccc3c(c2)OCO3)COC1. The molecular formula is C14H19NO3. The lowest BCUT2D eigenvalue weighted by atomic mass is 9.74. The van der Waals surface area contributed by atoms with Gasteiger partial charge in [-0.15, -0.1) is 0 Å². The zero-order chi connectivity index (χ0) is 12.6. The first-order chi connectivity index (χ1) is 8.70. The van der Waals surface area contributed by atoms with Gasteiger partial charge in [-0.05, 0) is 37.5 Å². The van der Waals surface area contributed by atoms with Crippen LogP contribution in [0.3, 0.4) is 0 Å². The second kappa shape index (κ2) is 4.44. The number of hydrogen-bond acceptors (Lipinski definition) is 4. The molecule has 4 heteroatoms. The highest BCUT2D eigenvalue weighted by atomic mass is 16.7. The summed E-state index contributed by atoms with van der Waals surface area (Å²) < 4.78 is 16.2. The number of ether oxygens (including phenoxy) is 3. The Morgan fingerprint density at radius 2 is 2.06 bits per heavy atom. The van der Waals surface area contributed by atoms with E-state index in [1.54, 1.807) is 0 Å². The molecule has 1 fully saturated rings. The van der Waals surface area contributed by atoms with E-state index >= 15 is 0 Å². The maximum absolute atomic E-state index is 5.86. The van der Waals surface area contributed by atoms with Crippen LogP contribution < -0.4 is 15.2 Å². The van der Waals surface area contributed by atoms with Crippen molar-refractivity contribution in [3.8, 4) is 11.5 Å². The molecule has 2 N–H and O–H groups in total. The normalized spacial score (nSPS) is 21.4. The van der Waals surface area contributed by atoms with Crippen LogP contribution in [0.15, 0.2) is 18.2 Å². The van der Waals surface area contributed by atoms with Crippen LogP contribution in [-0.4, -0.2) is 26.0 Å². The average molecular weight is 249 g/mol. The Morgan fingerprint density at radius 1 is 1.28 bits per heavy atom. The average Bonchev–Trinajstić information content (AvgIpc) is 2.74. The van der Waals surface area contributed by atoms with Crippen LogP contribution in [-0.2, 0) is 10.2 Å². The molecule has 2 aliphatic rings. The molecule has 1 unspecified atom stereocenters. The quantitative estimate of drug-likeness (QED) is 0.884. The summed E-state index contributed by atoms with van der Waals surface area (Å²) in [6, 6.07) is 6.43. The summed E-state index contributed by atoms with van der Waals surface area (Å²) in [6.45, 7) is 3.92. The number of hydrogen-bond donors (Lipinski definition) is 1. The first kappa shape index (κ1) is 11.8. The van der Waals surface area contributed by atoms with Crippen molar-refractivity contribution in [3.63, 3.8) is 0 Å². The minimum atomic E-state index is 0.120. The lowest BCUT2D eigenvalue weighted by Gasteiger charge is -2.42. The van der Waals surface area contributed by atoms with Gasteiger partial charge in [0.05, 0.1) is 13.2 Å². The van der Waals surface area contributed by atoms with E-state index in [0.29, 0.717) is 6.79 Å². The third-order valence-electron chi connectivity index (χ3n) is 3.82. The predicted octanol–water partition coefficient (Wildman–Crippen LogP) is 1.81. The minimum absolute atomic E-state index is 0.120. The molecule has 2 aliphatic heterocycles. The summed E-state index contributed by atoms with van der Waals surface area (Å²) in [6.07, 6.45) is 2.07. The van der Waals surface area contributed by atoms with Gasteiger partial charge in [0.1, 0.15) is 0 Å². The van der Waals surface area contributed by atoms with E-state index in [0.717, 1.165) is 37.6 Å². The predicted molar refractivity (Wildman–Crippen MR) is 67.9 cm³/mol. The lowest BCUT2D eigenvalue weighted by Crippen LogP contribution is -2.47. The van der Waals surface area contributed by atoms with Gasteiger partial charge >= 0.3 is 0 Å². The molecule has 0 amide bonds. The highest BCUT2D eigenvalue weighted by molar-refractivity contribution is 5.47. The second-order valence-electron chi connectivity index (χ2n) is 5.36. The molecule has 2 heterocycles. The maximum Gasteiger partial charge on any atom is 0.231 e. The molecule has 1 aromatic rings. The van der Waals surface area contributed by atoms with Crippen LogP contribution in [0, 0.1) is 0 Å². The molecule has 0 aliphatic carbocycles. The Morgan fingerprint density at radius 3 is 2.72 bits per heavy atom. The van der Waals surface area contributed by atoms with E-state index in [-0.39, 0.29) is 11.5 Å². The minimum Gasteiger partial charge on any atom is -0.454 e. The van der Waals surface area contributed by atoms with E-state index in [1.165, 1.54) is 5.56 Å². The van der Waals surface area contributed by atoms with Crippen LogP contribution in [0.1, 0.15) is 25.3 Å². The van der Waals surface area contributed by atoms with Gasteiger partial charge in [0, 0.05) is 11.5 Å². The third kappa shape index (κ3) is 1.95. The third-order valence-corrected chi connectivity index (χ3v) is 3.82. The van der Waals surface area contributed by atoms with Gasteiger partial charge in [-0.2, -0.15) is 0 Å². The van der Waals surface area contributed by atoms with E-state index in [2.05, 4.69) is 12.1 Å². The molecule has 4 nitrogen and oxygen atoms in total. The standard InChI is InChI=1S/C14H19NO3/c1-10(15)4-5-14(7-16-8-14)11-2-3-12-13(6-11)18-9-17-12/h2-3,6,10H,4-5,7-9,15H2,1H3. The topological polar surface area (TPSA) is 53.7 Å². The first-order valence-corrected chi connectivity index (χ1v) is 6.43. The molecule has 3 rings (SSSR count). The number of benzene rings is 1. The molecule has 98 valence electrons. The summed E-state index contributed by atoms with van der Waals surface area (Å²) in [5.74, 6) is 1.68. The van der Waals surface area contributed by atoms with Crippen LogP contribution in [0.5, 0.6) is 11.5 Å². The molecule has 0 bridgehead atoms. The fraction of sp³-hybridized carbons (Fsp3) is 0.571. The van der Waals surface area contributed by atoms with E-state index < -0.39 is 0 Å². The van der Waals surface area contributed by atoms with Crippen molar-refractivity contribution < 1.29 is 14.2 Å². The molecule has 18 heavy (non-hydrogen) atoms. The van der Waals surface area contributed by atoms with Crippen molar-refractivity contribution in [3.05, 3.63) is 23.8 Å². The molecule has 1 atom stereocenters. The Hall–Kier alpha value is -1.26. The van der Waals surface area contributed by atoms with Gasteiger partial charge in [0.25, 0.3) is 0 Å². The van der Waals surface area contributed by atoms with E-state index in [1.807, 2.05) is 13.0 Å². The first-order valence-electron chi connectivity index (χ1n) is 6.43. The van der Waals surface area contributed by atoms with Crippen molar-refractivity contribution in [2.75, 3.05) is 20.0 Å². The summed E-state index contributed by atoms with van der Waals surface area (Å²) in [4.78, 5) is 0. The molecule has 0 aromatic heterocycles. The molecule has 0 saturated carbocycles. The van der Waals surface area contributed by atoms with Crippen molar-refractivity contribution >= 4 is 0 Å². The van der Waals surface area contributed by atoms with Crippen LogP contribution in [0.2, 0.25) is 0 Å². The van der Waals surface area contributed by atoms with E-state index in [4.69, 9.17) is 19.9 Å². The van der Waals surface area contributed by atoms with Crippen molar-refractivity contribution in [2.45, 2.75) is 31.2 Å². The summed E-state index contributed by atoms with van der Waals surface area (Å²) in [5, 5.41) is 0. The molecular weight excluding hydrogens is 230 g/mol. The molecule has 1 aromatic carbocycles. The van der Waals surface area contributed by atoms with Gasteiger partial charge in [-0.3, -0.25) is 0 Å². The number of nitrogens with two attached hydrogens (primary N) is 1. The Bertz CT molecular complexity index is 441. The zero-order valence-corrected chi connectivity index (χ0v) is 10.6. The fourth-order valence-corrected chi connectivity index (χ4v) is 2.53. The van der Waals surface area contributed by atoms with Gasteiger partial charge in [0.2, 0.25) is 6.79 Å². The highest BCUT2D eigenvalue weighted by Crippen LogP contribution is 2.42. The smallest absolute Gasteiger partial charge is 0.231 e. The maximum atomic E-state index is 5.86. The number of fused-ring (bicyclic) bond motifs is 1. The van der Waals surface area contributed by atoms with Gasteiger partial charge in [-0.25, -0.2) is 0 Å². The Balaban J connectivity index is 1.83. The summed E-state index contributed by atoms with van der Waals surface area (Å²) in [5.41, 5.74) is 7.26. The van der Waals surface area contributed by atoms with Crippen LogP contribution >= 0.6 is 0 Å². The van der Waals surface area contributed by atoms with Crippen LogP contribution in [0.4, 0.5) is 0 Å². The second-order valence-corrected chi connectivity index (χ2v) is 5.36. The van der Waals surface area contributed by atoms with Crippen molar-refractivity contribution in [1.29, 1.82) is 0 Å². The van der Waals surface area contributed by atoms with E-state index in [9.17, 15) is 0 Å². The van der Waals surface area contributed by atoms with Crippen molar-refractivity contribution in [1.82, 2.24) is 0 Å². The molecule has 0 spiro atoms. The fourth-order valence-electron chi connectivity index (χ4n) is 2.53. The summed E-state index contributed by atoms with van der Waals surface area (Å²) in [7, 11) is 0. The largest absolute Gasteiger partial charge is 0.454 e. The molecule has 0 radical (unpaired) electrons. The lowest BCUT2D eigenvalue weighted by molar-refractivity contribution is -0.0657. The summed E-state index contributed by atoms with van der Waals surface area (Å²) >= 11 is 0. The van der Waals surface area contributed by atoms with Gasteiger partial charge < -0.3 is 19.9 Å². The number of rotatable bonds is 4. The Kier molecular flexibility index (Phi) is 2.92. The monoisotopic (exact) mass is 249 g/mol.